The number of nitrogens with zero attached hydrogens (tertiary/aromatic N) is 1. The molecule has 0 N–H and O–H groups in total. The molecule has 1 aromatic carbocycles. The lowest BCUT2D eigenvalue weighted by atomic mass is 10.2. The predicted molar refractivity (Wildman–Crippen MR) is 70.8 cm³/mol. The molecule has 0 aromatic heterocycles. The van der Waals surface area contributed by atoms with E-state index in [-0.39, 0.29) is 12.5 Å². The van der Waals surface area contributed by atoms with Gasteiger partial charge < -0.3 is 9.64 Å². The van der Waals surface area contributed by atoms with Gasteiger partial charge in [0.25, 0.3) is 5.91 Å². The van der Waals surface area contributed by atoms with E-state index in [9.17, 15) is 9.59 Å². The van der Waals surface area contributed by atoms with E-state index >= 15 is 0 Å². The smallest absolute Gasteiger partial charge is 0.260 e. The van der Waals surface area contributed by atoms with E-state index in [1.165, 1.54) is 0 Å². The van der Waals surface area contributed by atoms with Gasteiger partial charge in [0.15, 0.2) is 12.9 Å². The highest BCUT2D eigenvalue weighted by molar-refractivity contribution is 9.10. The summed E-state index contributed by atoms with van der Waals surface area (Å²) in [4.78, 5) is 24.2. The number of ether oxygens (including phenoxy) is 1. The Bertz CT molecular complexity index is 471. The van der Waals surface area contributed by atoms with Gasteiger partial charge in [-0.05, 0) is 31.0 Å². The molecule has 1 aliphatic carbocycles. The second-order valence-electron chi connectivity index (χ2n) is 4.33. The molecule has 0 atom stereocenters. The van der Waals surface area contributed by atoms with Gasteiger partial charge in [-0.2, -0.15) is 0 Å². The SMILES string of the molecule is CN(C(=O)COc1ccc(Br)c(C=O)c1)C1CC1. The number of amides is 1. The van der Waals surface area contributed by atoms with Crippen LogP contribution in [0.3, 0.4) is 0 Å². The maximum absolute atomic E-state index is 11.7. The highest BCUT2D eigenvalue weighted by Gasteiger charge is 2.29. The molecule has 0 aliphatic heterocycles. The molecule has 1 saturated carbocycles. The van der Waals surface area contributed by atoms with E-state index in [4.69, 9.17) is 4.74 Å². The highest BCUT2D eigenvalue weighted by atomic mass is 79.9. The van der Waals surface area contributed by atoms with Crippen LogP contribution >= 0.6 is 15.9 Å². The van der Waals surface area contributed by atoms with Gasteiger partial charge in [0, 0.05) is 23.1 Å². The van der Waals surface area contributed by atoms with Crippen LogP contribution in [-0.4, -0.2) is 36.8 Å². The molecule has 0 saturated heterocycles. The van der Waals surface area contributed by atoms with Gasteiger partial charge in [-0.1, -0.05) is 15.9 Å². The summed E-state index contributed by atoms with van der Waals surface area (Å²) in [6.07, 6.45) is 2.90. The van der Waals surface area contributed by atoms with E-state index in [1.807, 2.05) is 0 Å². The maximum Gasteiger partial charge on any atom is 0.260 e. The van der Waals surface area contributed by atoms with Crippen molar-refractivity contribution < 1.29 is 14.3 Å². The minimum Gasteiger partial charge on any atom is -0.484 e. The summed E-state index contributed by atoms with van der Waals surface area (Å²) in [5.74, 6) is 0.492. The Kier molecular flexibility index (Phi) is 4.01. The van der Waals surface area contributed by atoms with Gasteiger partial charge in [-0.3, -0.25) is 9.59 Å². The summed E-state index contributed by atoms with van der Waals surface area (Å²) in [6.45, 7) is 0.00687. The van der Waals surface area contributed by atoms with Crippen LogP contribution in [0.5, 0.6) is 5.75 Å². The van der Waals surface area contributed by atoms with E-state index < -0.39 is 0 Å². The number of halogens is 1. The van der Waals surface area contributed by atoms with Crippen LogP contribution in [0, 0.1) is 0 Å². The molecule has 0 spiro atoms. The first-order chi connectivity index (χ1) is 8.61. The quantitative estimate of drug-likeness (QED) is 0.784. The number of hydrogen-bond donors (Lipinski definition) is 0. The zero-order valence-electron chi connectivity index (χ0n) is 10.1. The Morgan fingerprint density at radius 3 is 2.89 bits per heavy atom. The Balaban J connectivity index is 1.93. The number of likely N-dealkylation sites (N-methyl/N-ethyl adjacent to an activating group) is 1. The Hall–Kier alpha value is -1.36. The van der Waals surface area contributed by atoms with Gasteiger partial charge >= 0.3 is 0 Å². The van der Waals surface area contributed by atoms with Crippen molar-refractivity contribution in [1.29, 1.82) is 0 Å². The third kappa shape index (κ3) is 3.10. The minimum absolute atomic E-state index is 0.00687. The van der Waals surface area contributed by atoms with E-state index in [0.29, 0.717) is 21.8 Å². The van der Waals surface area contributed by atoms with Crippen molar-refractivity contribution in [2.75, 3.05) is 13.7 Å². The molecule has 5 heteroatoms. The van der Waals surface area contributed by atoms with Crippen molar-refractivity contribution >= 4 is 28.1 Å². The van der Waals surface area contributed by atoms with Gasteiger partial charge in [-0.25, -0.2) is 0 Å². The van der Waals surface area contributed by atoms with Crippen molar-refractivity contribution in [2.24, 2.45) is 0 Å². The molecule has 18 heavy (non-hydrogen) atoms. The van der Waals surface area contributed by atoms with E-state index in [1.54, 1.807) is 30.1 Å². The molecule has 0 radical (unpaired) electrons. The number of aldehydes is 1. The van der Waals surface area contributed by atoms with Crippen molar-refractivity contribution in [3.8, 4) is 5.75 Å². The number of carbonyl (C=O) groups excluding carboxylic acids is 2. The van der Waals surface area contributed by atoms with E-state index in [2.05, 4.69) is 15.9 Å². The summed E-state index contributed by atoms with van der Waals surface area (Å²) < 4.78 is 6.11. The first kappa shape index (κ1) is 13.1. The summed E-state index contributed by atoms with van der Waals surface area (Å²) in [7, 11) is 1.79. The maximum atomic E-state index is 11.7. The van der Waals surface area contributed by atoms with Crippen LogP contribution < -0.4 is 4.74 Å². The number of benzene rings is 1. The van der Waals surface area contributed by atoms with Crippen LogP contribution in [0.1, 0.15) is 23.2 Å². The standard InChI is InChI=1S/C13H14BrNO3/c1-15(10-2-3-10)13(17)8-18-11-4-5-12(14)9(6-11)7-16/h4-7,10H,2-3,8H2,1H3. The van der Waals surface area contributed by atoms with Crippen LogP contribution in [0.2, 0.25) is 0 Å². The average Bonchev–Trinajstić information content (AvgIpc) is 3.20. The molecule has 0 heterocycles. The molecule has 1 aliphatic rings. The zero-order chi connectivity index (χ0) is 13.1. The van der Waals surface area contributed by atoms with Crippen LogP contribution in [0.25, 0.3) is 0 Å². The normalized spacial score (nSPS) is 14.1. The predicted octanol–water partition coefficient (Wildman–Crippen LogP) is 2.26. The van der Waals surface area contributed by atoms with Crippen LogP contribution in [-0.2, 0) is 4.79 Å². The molecule has 2 rings (SSSR count). The van der Waals surface area contributed by atoms with Crippen molar-refractivity contribution in [3.05, 3.63) is 28.2 Å². The molecule has 0 unspecified atom stereocenters. The van der Waals surface area contributed by atoms with Gasteiger partial charge in [0.2, 0.25) is 0 Å². The Morgan fingerprint density at radius 1 is 1.56 bits per heavy atom. The topological polar surface area (TPSA) is 46.6 Å². The second-order valence-corrected chi connectivity index (χ2v) is 5.18. The lowest BCUT2D eigenvalue weighted by Gasteiger charge is -2.16. The third-order valence-electron chi connectivity index (χ3n) is 2.94. The molecule has 1 fully saturated rings. The monoisotopic (exact) mass is 311 g/mol. The Labute approximate surface area is 114 Å². The van der Waals surface area contributed by atoms with Gasteiger partial charge in [0.05, 0.1) is 0 Å². The van der Waals surface area contributed by atoms with Gasteiger partial charge in [-0.15, -0.1) is 0 Å². The lowest BCUT2D eigenvalue weighted by molar-refractivity contribution is -0.132. The molecular weight excluding hydrogens is 298 g/mol. The number of rotatable bonds is 5. The average molecular weight is 312 g/mol. The van der Waals surface area contributed by atoms with Crippen LogP contribution in [0.15, 0.2) is 22.7 Å². The first-order valence-corrected chi connectivity index (χ1v) is 6.54. The minimum atomic E-state index is -0.0342. The number of hydrogen-bond acceptors (Lipinski definition) is 3. The first-order valence-electron chi connectivity index (χ1n) is 5.75. The largest absolute Gasteiger partial charge is 0.484 e. The fourth-order valence-corrected chi connectivity index (χ4v) is 1.95. The summed E-state index contributed by atoms with van der Waals surface area (Å²) in [5, 5.41) is 0. The molecule has 1 aromatic rings. The lowest BCUT2D eigenvalue weighted by Crippen LogP contribution is -2.33. The Morgan fingerprint density at radius 2 is 2.28 bits per heavy atom. The summed E-state index contributed by atoms with van der Waals surface area (Å²) in [6, 6.07) is 5.45. The second kappa shape index (κ2) is 5.52. The molecule has 4 nitrogen and oxygen atoms in total. The van der Waals surface area contributed by atoms with Gasteiger partial charge in [0.1, 0.15) is 5.75 Å². The molecular formula is C13H14BrNO3. The summed E-state index contributed by atoms with van der Waals surface area (Å²) >= 11 is 3.26. The molecule has 1 amide bonds. The molecule has 0 bridgehead atoms. The molecule has 96 valence electrons. The fourth-order valence-electron chi connectivity index (χ4n) is 1.61. The number of carbonyl (C=O) groups is 2. The zero-order valence-corrected chi connectivity index (χ0v) is 11.6. The highest BCUT2D eigenvalue weighted by Crippen LogP contribution is 2.25. The van der Waals surface area contributed by atoms with Crippen molar-refractivity contribution in [3.63, 3.8) is 0 Å². The van der Waals surface area contributed by atoms with Crippen molar-refractivity contribution in [2.45, 2.75) is 18.9 Å². The van der Waals surface area contributed by atoms with Crippen molar-refractivity contribution in [1.82, 2.24) is 4.90 Å². The summed E-state index contributed by atoms with van der Waals surface area (Å²) in [5.41, 5.74) is 0.510. The van der Waals surface area contributed by atoms with Crippen LogP contribution in [0.4, 0.5) is 0 Å². The van der Waals surface area contributed by atoms with E-state index in [0.717, 1.165) is 19.1 Å². The third-order valence-corrected chi connectivity index (χ3v) is 3.67. The fraction of sp³-hybridized carbons (Fsp3) is 0.385.